The first-order valence-corrected chi connectivity index (χ1v) is 8.99. The summed E-state index contributed by atoms with van der Waals surface area (Å²) in [5.74, 6) is 1.14. The Morgan fingerprint density at radius 1 is 0.880 bits per heavy atom. The largest absolute Gasteiger partial charge is 0.497 e. The lowest BCUT2D eigenvalue weighted by Gasteiger charge is -2.08. The predicted octanol–water partition coefficient (Wildman–Crippen LogP) is 3.66. The van der Waals surface area contributed by atoms with Crippen LogP contribution in [0.3, 0.4) is 0 Å². The Hall–Kier alpha value is -2.86. The predicted molar refractivity (Wildman–Crippen MR) is 98.3 cm³/mol. The van der Waals surface area contributed by atoms with E-state index in [1.165, 1.54) is 25.5 Å². The van der Waals surface area contributed by atoms with Gasteiger partial charge in [-0.15, -0.1) is 0 Å². The van der Waals surface area contributed by atoms with Gasteiger partial charge in [-0.1, -0.05) is 30.3 Å². The standard InChI is InChI=1S/C19H17NO4S/c1-23-15-8-10-16(11-9-15)25(21,22)20-13-18-17-6-4-3-5-14(17)7-12-19(18)24-2/h3-13H,1-2H3. The highest BCUT2D eigenvalue weighted by Crippen LogP contribution is 2.27. The number of ether oxygens (including phenoxy) is 2. The quantitative estimate of drug-likeness (QED) is 0.655. The lowest BCUT2D eigenvalue weighted by molar-refractivity contribution is 0.414. The smallest absolute Gasteiger partial charge is 0.282 e. The number of nitrogens with zero attached hydrogens (tertiary/aromatic N) is 1. The van der Waals surface area contributed by atoms with E-state index < -0.39 is 10.0 Å². The van der Waals surface area contributed by atoms with Gasteiger partial charge < -0.3 is 9.47 Å². The van der Waals surface area contributed by atoms with Crippen LogP contribution in [0.25, 0.3) is 10.8 Å². The van der Waals surface area contributed by atoms with Gasteiger partial charge in [0, 0.05) is 5.56 Å². The van der Waals surface area contributed by atoms with Crippen molar-refractivity contribution in [2.75, 3.05) is 14.2 Å². The van der Waals surface area contributed by atoms with E-state index >= 15 is 0 Å². The van der Waals surface area contributed by atoms with Crippen LogP contribution in [-0.2, 0) is 10.0 Å². The van der Waals surface area contributed by atoms with Gasteiger partial charge in [0.15, 0.2) is 0 Å². The Balaban J connectivity index is 2.04. The van der Waals surface area contributed by atoms with E-state index in [0.29, 0.717) is 17.1 Å². The molecule has 5 nitrogen and oxygen atoms in total. The van der Waals surface area contributed by atoms with Crippen molar-refractivity contribution in [3.8, 4) is 11.5 Å². The summed E-state index contributed by atoms with van der Waals surface area (Å²) in [6.45, 7) is 0. The number of rotatable bonds is 5. The van der Waals surface area contributed by atoms with Gasteiger partial charge in [-0.2, -0.15) is 12.8 Å². The Labute approximate surface area is 146 Å². The molecule has 0 spiro atoms. The molecule has 25 heavy (non-hydrogen) atoms. The third-order valence-electron chi connectivity index (χ3n) is 3.83. The van der Waals surface area contributed by atoms with Crippen LogP contribution in [0.15, 0.2) is 70.0 Å². The molecule has 0 heterocycles. The molecule has 0 atom stereocenters. The summed E-state index contributed by atoms with van der Waals surface area (Å²) in [5.41, 5.74) is 0.623. The van der Waals surface area contributed by atoms with Gasteiger partial charge in [0.05, 0.1) is 25.3 Å². The fraction of sp³-hybridized carbons (Fsp3) is 0.105. The summed E-state index contributed by atoms with van der Waals surface area (Å²) in [6.07, 6.45) is 1.33. The summed E-state index contributed by atoms with van der Waals surface area (Å²) in [5, 5.41) is 1.85. The maximum atomic E-state index is 12.5. The summed E-state index contributed by atoms with van der Waals surface area (Å²) >= 11 is 0. The molecule has 0 saturated carbocycles. The van der Waals surface area contributed by atoms with Crippen LogP contribution in [0.5, 0.6) is 11.5 Å². The van der Waals surface area contributed by atoms with Crippen LogP contribution in [0.2, 0.25) is 0 Å². The summed E-state index contributed by atoms with van der Waals surface area (Å²) in [6, 6.07) is 17.5. The third kappa shape index (κ3) is 3.49. The monoisotopic (exact) mass is 355 g/mol. The van der Waals surface area contributed by atoms with Crippen molar-refractivity contribution >= 4 is 27.0 Å². The zero-order chi connectivity index (χ0) is 17.9. The summed E-state index contributed by atoms with van der Waals surface area (Å²) in [4.78, 5) is 0.101. The van der Waals surface area contributed by atoms with Crippen molar-refractivity contribution in [1.82, 2.24) is 0 Å². The molecule has 0 amide bonds. The molecular formula is C19H17NO4S. The average Bonchev–Trinajstić information content (AvgIpc) is 2.66. The molecule has 3 aromatic rings. The molecule has 0 radical (unpaired) electrons. The minimum absolute atomic E-state index is 0.101. The van der Waals surface area contributed by atoms with Crippen molar-refractivity contribution in [1.29, 1.82) is 0 Å². The molecule has 6 heteroatoms. The Morgan fingerprint density at radius 3 is 2.28 bits per heavy atom. The molecule has 0 N–H and O–H groups in total. The lowest BCUT2D eigenvalue weighted by atomic mass is 10.0. The second kappa shape index (κ2) is 6.94. The minimum Gasteiger partial charge on any atom is -0.497 e. The fourth-order valence-electron chi connectivity index (χ4n) is 2.52. The molecule has 3 aromatic carbocycles. The topological polar surface area (TPSA) is 65.0 Å². The minimum atomic E-state index is -3.82. The fourth-order valence-corrected chi connectivity index (χ4v) is 3.36. The first-order chi connectivity index (χ1) is 12.0. The van der Waals surface area contributed by atoms with Gasteiger partial charge in [-0.3, -0.25) is 0 Å². The van der Waals surface area contributed by atoms with E-state index in [1.54, 1.807) is 25.3 Å². The molecule has 0 aromatic heterocycles. The van der Waals surface area contributed by atoms with E-state index in [-0.39, 0.29) is 4.90 Å². The van der Waals surface area contributed by atoms with Crippen molar-refractivity contribution in [2.45, 2.75) is 4.90 Å². The van der Waals surface area contributed by atoms with Gasteiger partial charge in [0.25, 0.3) is 10.0 Å². The van der Waals surface area contributed by atoms with Crippen LogP contribution < -0.4 is 9.47 Å². The zero-order valence-corrected chi connectivity index (χ0v) is 14.7. The number of benzene rings is 3. The molecule has 3 rings (SSSR count). The Kier molecular flexibility index (Phi) is 4.72. The highest BCUT2D eigenvalue weighted by molar-refractivity contribution is 7.90. The maximum absolute atomic E-state index is 12.5. The van der Waals surface area contributed by atoms with E-state index in [4.69, 9.17) is 9.47 Å². The normalized spacial score (nSPS) is 11.8. The van der Waals surface area contributed by atoms with Gasteiger partial charge in [-0.05, 0) is 41.1 Å². The molecule has 0 saturated heterocycles. The van der Waals surface area contributed by atoms with Crippen molar-refractivity contribution in [3.05, 3.63) is 66.2 Å². The third-order valence-corrected chi connectivity index (χ3v) is 5.08. The first-order valence-electron chi connectivity index (χ1n) is 7.55. The van der Waals surface area contributed by atoms with Crippen LogP contribution in [0, 0.1) is 0 Å². The molecule has 0 aliphatic carbocycles. The summed E-state index contributed by atoms with van der Waals surface area (Å²) in [7, 11) is -0.755. The number of hydrogen-bond donors (Lipinski definition) is 0. The zero-order valence-electron chi connectivity index (χ0n) is 13.8. The van der Waals surface area contributed by atoms with Crippen LogP contribution in [0.4, 0.5) is 0 Å². The van der Waals surface area contributed by atoms with Crippen molar-refractivity contribution < 1.29 is 17.9 Å². The number of methoxy groups -OCH3 is 2. The first kappa shape index (κ1) is 17.0. The SMILES string of the molecule is COc1ccc(S(=O)(=O)N=Cc2c(OC)ccc3ccccc23)cc1. The van der Waals surface area contributed by atoms with Gasteiger partial charge in [0.2, 0.25) is 0 Å². The maximum Gasteiger partial charge on any atom is 0.282 e. The molecular weight excluding hydrogens is 338 g/mol. The highest BCUT2D eigenvalue weighted by atomic mass is 32.2. The van der Waals surface area contributed by atoms with E-state index in [0.717, 1.165) is 10.8 Å². The number of hydrogen-bond acceptors (Lipinski definition) is 4. The lowest BCUT2D eigenvalue weighted by Crippen LogP contribution is -1.99. The molecule has 0 aliphatic heterocycles. The molecule has 0 bridgehead atoms. The number of sulfonamides is 1. The van der Waals surface area contributed by atoms with Gasteiger partial charge >= 0.3 is 0 Å². The van der Waals surface area contributed by atoms with E-state index in [2.05, 4.69) is 4.40 Å². The van der Waals surface area contributed by atoms with Crippen LogP contribution in [0.1, 0.15) is 5.56 Å². The van der Waals surface area contributed by atoms with Gasteiger partial charge in [-0.25, -0.2) is 0 Å². The van der Waals surface area contributed by atoms with Crippen LogP contribution >= 0.6 is 0 Å². The second-order valence-electron chi connectivity index (χ2n) is 5.29. The highest BCUT2D eigenvalue weighted by Gasteiger charge is 2.13. The van der Waals surface area contributed by atoms with Crippen molar-refractivity contribution in [2.24, 2.45) is 4.40 Å². The molecule has 128 valence electrons. The molecule has 0 fully saturated rings. The molecule has 0 unspecified atom stereocenters. The average molecular weight is 355 g/mol. The summed E-state index contributed by atoms with van der Waals surface area (Å²) < 4.78 is 39.2. The number of fused-ring (bicyclic) bond motifs is 1. The van der Waals surface area contributed by atoms with Gasteiger partial charge in [0.1, 0.15) is 11.5 Å². The van der Waals surface area contributed by atoms with E-state index in [9.17, 15) is 8.42 Å². The van der Waals surface area contributed by atoms with E-state index in [1.807, 2.05) is 30.3 Å². The Bertz CT molecular complexity index is 1020. The van der Waals surface area contributed by atoms with Crippen molar-refractivity contribution in [3.63, 3.8) is 0 Å². The second-order valence-corrected chi connectivity index (χ2v) is 6.92. The Morgan fingerprint density at radius 2 is 1.60 bits per heavy atom. The molecule has 0 aliphatic rings. The van der Waals surface area contributed by atoms with Crippen LogP contribution in [-0.4, -0.2) is 28.9 Å².